The molecule has 0 atom stereocenters. The highest BCUT2D eigenvalue weighted by Gasteiger charge is 2.31. The number of rotatable bonds is 16. The monoisotopic (exact) mass is 562 g/mol. The number of halogens is 3. The zero-order valence-corrected chi connectivity index (χ0v) is 24.4. The number of aliphatic imine (C=N–C) groups is 1. The predicted molar refractivity (Wildman–Crippen MR) is 157 cm³/mol. The number of nitrogens with zero attached hydrogens (tertiary/aromatic N) is 4. The smallest absolute Gasteiger partial charge is 0.270 e. The molecule has 0 bridgehead atoms. The van der Waals surface area contributed by atoms with E-state index < -0.39 is 5.92 Å². The normalized spacial score (nSPS) is 17.3. The van der Waals surface area contributed by atoms with E-state index in [1.807, 2.05) is 18.9 Å². The van der Waals surface area contributed by atoms with Gasteiger partial charge in [0.15, 0.2) is 0 Å². The van der Waals surface area contributed by atoms with E-state index in [1.54, 1.807) is 25.3 Å². The van der Waals surface area contributed by atoms with Crippen LogP contribution in [0.25, 0.3) is 0 Å². The third kappa shape index (κ3) is 8.59. The highest BCUT2D eigenvalue weighted by Crippen LogP contribution is 2.31. The lowest BCUT2D eigenvalue weighted by atomic mass is 9.93. The molecule has 1 saturated carbocycles. The van der Waals surface area contributed by atoms with Gasteiger partial charge in [0.05, 0.1) is 7.11 Å². The van der Waals surface area contributed by atoms with Gasteiger partial charge in [-0.05, 0) is 38.3 Å². The van der Waals surface area contributed by atoms with Gasteiger partial charge in [-0.3, -0.25) is 4.90 Å². The lowest BCUT2D eigenvalue weighted by Crippen LogP contribution is -2.51. The van der Waals surface area contributed by atoms with Crippen molar-refractivity contribution >= 4 is 11.5 Å². The van der Waals surface area contributed by atoms with Gasteiger partial charge in [0, 0.05) is 87.7 Å². The van der Waals surface area contributed by atoms with Gasteiger partial charge in [0.1, 0.15) is 18.3 Å². The quantitative estimate of drug-likeness (QED) is 0.0966. The zero-order chi connectivity index (χ0) is 29.3. The summed E-state index contributed by atoms with van der Waals surface area (Å²) in [6.45, 7) is 14.9. The Morgan fingerprint density at radius 1 is 1.27 bits per heavy atom. The Morgan fingerprint density at radius 2 is 2.00 bits per heavy atom. The molecule has 0 radical (unpaired) electrons. The van der Waals surface area contributed by atoms with Crippen molar-refractivity contribution in [1.82, 2.24) is 20.6 Å². The molecule has 222 valence electrons. The van der Waals surface area contributed by atoms with E-state index in [0.29, 0.717) is 48.9 Å². The average molecular weight is 563 g/mol. The van der Waals surface area contributed by atoms with Gasteiger partial charge in [-0.1, -0.05) is 31.4 Å². The number of anilines is 1. The van der Waals surface area contributed by atoms with E-state index in [2.05, 4.69) is 33.8 Å². The molecule has 1 aliphatic heterocycles. The van der Waals surface area contributed by atoms with Crippen molar-refractivity contribution in [2.24, 2.45) is 10.9 Å². The summed E-state index contributed by atoms with van der Waals surface area (Å²) in [6.07, 6.45) is 5.09. The van der Waals surface area contributed by atoms with Crippen LogP contribution in [0.1, 0.15) is 38.7 Å². The first-order valence-corrected chi connectivity index (χ1v) is 14.0. The molecular weight excluding hydrogens is 517 g/mol. The Kier molecular flexibility index (Phi) is 11.7. The molecule has 1 aromatic rings. The van der Waals surface area contributed by atoms with Crippen molar-refractivity contribution in [3.8, 4) is 0 Å². The zero-order valence-electron chi connectivity index (χ0n) is 24.4. The van der Waals surface area contributed by atoms with Crippen LogP contribution in [-0.4, -0.2) is 81.8 Å². The highest BCUT2D eigenvalue weighted by molar-refractivity contribution is 6.11. The summed E-state index contributed by atoms with van der Waals surface area (Å²) >= 11 is 0. The van der Waals surface area contributed by atoms with E-state index in [-0.39, 0.29) is 12.2 Å². The number of likely N-dealkylation sites (N-methyl/N-ethyl adjacent to an activating group) is 1. The van der Waals surface area contributed by atoms with Crippen LogP contribution < -0.4 is 15.7 Å². The fourth-order valence-electron chi connectivity index (χ4n) is 4.99. The largest absolute Gasteiger partial charge is 0.374 e. The number of hydroxylamine groups is 1. The molecule has 2 aliphatic rings. The first-order valence-electron chi connectivity index (χ1n) is 14.0. The Labute approximate surface area is 237 Å². The van der Waals surface area contributed by atoms with Crippen molar-refractivity contribution in [1.29, 1.82) is 0 Å². The van der Waals surface area contributed by atoms with Gasteiger partial charge in [-0.15, -0.1) is 0 Å². The third-order valence-corrected chi connectivity index (χ3v) is 7.63. The first-order chi connectivity index (χ1) is 19.1. The van der Waals surface area contributed by atoms with Crippen LogP contribution in [-0.2, 0) is 10.8 Å². The van der Waals surface area contributed by atoms with Gasteiger partial charge in [-0.2, -0.15) is 0 Å². The number of likely N-dealkylation sites (tertiary alicyclic amines) is 1. The lowest BCUT2D eigenvalue weighted by molar-refractivity contribution is 0.0175. The molecule has 1 heterocycles. The molecule has 2 N–H and O–H groups in total. The van der Waals surface area contributed by atoms with Gasteiger partial charge < -0.3 is 20.0 Å². The number of hydrogen-bond donors (Lipinski definition) is 2. The van der Waals surface area contributed by atoms with Gasteiger partial charge in [-0.25, -0.2) is 23.6 Å². The van der Waals surface area contributed by atoms with Crippen molar-refractivity contribution in [3.63, 3.8) is 0 Å². The molecule has 0 aromatic heterocycles. The maximum absolute atomic E-state index is 14.1. The van der Waals surface area contributed by atoms with Gasteiger partial charge in [0.25, 0.3) is 5.92 Å². The highest BCUT2D eigenvalue weighted by atomic mass is 19.3. The molecule has 0 amide bonds. The number of nitrogens with one attached hydrogen (secondary N) is 2. The molecule has 0 spiro atoms. The fraction of sp³-hybridized carbons (Fsp3) is 0.567. The van der Waals surface area contributed by atoms with Gasteiger partial charge >= 0.3 is 0 Å². The number of alkyl halides is 3. The molecule has 1 aromatic carbocycles. The molecule has 0 unspecified atom stereocenters. The second-order valence-electron chi connectivity index (χ2n) is 10.7. The molecule has 7 nitrogen and oxygen atoms in total. The lowest BCUT2D eigenvalue weighted by Gasteiger charge is -2.44. The fourth-order valence-corrected chi connectivity index (χ4v) is 4.99. The van der Waals surface area contributed by atoms with Crippen molar-refractivity contribution < 1.29 is 18.0 Å². The summed E-state index contributed by atoms with van der Waals surface area (Å²) in [6, 6.07) is 6.70. The second-order valence-corrected chi connectivity index (χ2v) is 10.7. The summed E-state index contributed by atoms with van der Waals surface area (Å²) in [5.74, 6) is -1.46. The number of hydrogen-bond acceptors (Lipinski definition) is 6. The first kappa shape index (κ1) is 31.7. The maximum Gasteiger partial charge on any atom is 0.270 e. The van der Waals surface area contributed by atoms with Crippen molar-refractivity contribution in [2.45, 2.75) is 45.1 Å². The second kappa shape index (κ2) is 14.7. The summed E-state index contributed by atoms with van der Waals surface area (Å²) in [5, 5.41) is 3.38. The molecule has 1 aliphatic carbocycles. The third-order valence-electron chi connectivity index (χ3n) is 7.63. The van der Waals surface area contributed by atoms with Crippen LogP contribution in [0.4, 0.5) is 18.9 Å². The molecule has 40 heavy (non-hydrogen) atoms. The van der Waals surface area contributed by atoms with E-state index in [0.717, 1.165) is 50.7 Å². The minimum atomic E-state index is -2.96. The summed E-state index contributed by atoms with van der Waals surface area (Å²) in [4.78, 5) is 15.9. The van der Waals surface area contributed by atoms with Crippen LogP contribution >= 0.6 is 0 Å². The maximum atomic E-state index is 14.1. The molecule has 1 saturated heterocycles. The van der Waals surface area contributed by atoms with Crippen molar-refractivity contribution in [3.05, 3.63) is 66.2 Å². The van der Waals surface area contributed by atoms with Crippen LogP contribution in [0, 0.1) is 5.92 Å². The standard InChI is InChI=1S/C30H45F3N6O/c1-7-28(22(2)39-20-24(21-39)19-38(16-14-31)17-15-34-40-6)29(36-23(3)35-26-11-9-12-26)37(5)27-13-8-10-25(18-27)30(4,32)33/h7-8,10,13,18,24,26,34-35H,1,3,9,11-12,14-17,19-21H2,2,4-6H3/b28-22+,36-29?. The summed E-state index contributed by atoms with van der Waals surface area (Å²) in [5.41, 5.74) is 5.13. The topological polar surface area (TPSA) is 55.4 Å². The number of amidine groups is 1. The van der Waals surface area contributed by atoms with Crippen LogP contribution in [0.5, 0.6) is 0 Å². The SMILES string of the molecule is C=C/C(C(=NC(=C)NC1CCC1)N(C)c1cccc(C(C)(F)F)c1)=C(/C)N1CC(CN(CCF)CCNOC)C1. The molecule has 2 fully saturated rings. The minimum Gasteiger partial charge on any atom is -0.374 e. The van der Waals surface area contributed by atoms with Crippen LogP contribution in [0.2, 0.25) is 0 Å². The Balaban J connectivity index is 1.83. The molecule has 10 heteroatoms. The van der Waals surface area contributed by atoms with Gasteiger partial charge in [0.2, 0.25) is 0 Å². The Morgan fingerprint density at radius 3 is 2.58 bits per heavy atom. The van der Waals surface area contributed by atoms with E-state index in [9.17, 15) is 13.2 Å². The van der Waals surface area contributed by atoms with E-state index in [4.69, 9.17) is 9.83 Å². The predicted octanol–water partition coefficient (Wildman–Crippen LogP) is 5.06. The molecular formula is C30H45F3N6O. The minimum absolute atomic E-state index is 0.0624. The molecule has 3 rings (SSSR count). The van der Waals surface area contributed by atoms with Crippen LogP contribution in [0.15, 0.2) is 65.6 Å². The Bertz CT molecular complexity index is 1060. The Hall–Kier alpha value is -2.82. The number of allylic oxidation sites excluding steroid dienone is 1. The summed E-state index contributed by atoms with van der Waals surface area (Å²) < 4.78 is 41.4. The summed E-state index contributed by atoms with van der Waals surface area (Å²) in [7, 11) is 3.39. The van der Waals surface area contributed by atoms with Crippen molar-refractivity contribution in [2.75, 3.05) is 65.0 Å². The average Bonchev–Trinajstić information content (AvgIpc) is 2.87. The van der Waals surface area contributed by atoms with E-state index in [1.165, 1.54) is 18.6 Å². The van der Waals surface area contributed by atoms with E-state index >= 15 is 0 Å². The van der Waals surface area contributed by atoms with Crippen LogP contribution in [0.3, 0.4) is 0 Å². The number of benzene rings is 1.